The van der Waals surface area contributed by atoms with Crippen LogP contribution in [0.1, 0.15) is 24.4 Å². The Morgan fingerprint density at radius 3 is 2.67 bits per heavy atom. The van der Waals surface area contributed by atoms with Gasteiger partial charge >= 0.3 is 0 Å². The number of aryl methyl sites for hydroxylation is 1. The fourth-order valence-electron chi connectivity index (χ4n) is 3.42. The summed E-state index contributed by atoms with van der Waals surface area (Å²) in [6.07, 6.45) is 2.34. The molecule has 9 heteroatoms. The van der Waals surface area contributed by atoms with Crippen molar-refractivity contribution in [3.8, 4) is 0 Å². The second kappa shape index (κ2) is 6.55. The average molecular weight is 355 g/mol. The van der Waals surface area contributed by atoms with E-state index in [1.165, 1.54) is 37.3 Å². The molecule has 0 amide bonds. The minimum absolute atomic E-state index is 0.0898. The zero-order valence-electron chi connectivity index (χ0n) is 14.3. The second-order valence-electron chi connectivity index (χ2n) is 7.03. The minimum Gasteiger partial charge on any atom is -0.311 e. The van der Waals surface area contributed by atoms with Gasteiger partial charge in [0.25, 0.3) is 15.8 Å². The molecule has 1 saturated carbocycles. The van der Waals surface area contributed by atoms with Gasteiger partial charge in [0.1, 0.15) is 5.82 Å². The summed E-state index contributed by atoms with van der Waals surface area (Å²) in [5.41, 5.74) is 0.571. The molecular formula is C15H25N5O3S. The van der Waals surface area contributed by atoms with Crippen LogP contribution in [0.3, 0.4) is 0 Å². The first-order chi connectivity index (χ1) is 11.2. The van der Waals surface area contributed by atoms with Gasteiger partial charge in [-0.15, -0.1) is 0 Å². The standard InChI is InChI=1S/C15H25N5O3S/c1-10-16-12(6-15(21)17-10)7-20-8-13(11-4-5-11)14(9-20)18-24(22,23)19(2)3/h6,11,13-14,18H,4-5,7-9H2,1-3H3,(H,16,17,21)/t13-,14+/m0/s1. The van der Waals surface area contributed by atoms with Gasteiger partial charge in [0.2, 0.25) is 0 Å². The third kappa shape index (κ3) is 4.02. The molecule has 1 saturated heterocycles. The Morgan fingerprint density at radius 1 is 1.38 bits per heavy atom. The highest BCUT2D eigenvalue weighted by molar-refractivity contribution is 7.87. The van der Waals surface area contributed by atoms with Crippen LogP contribution in [-0.2, 0) is 16.8 Å². The Labute approximate surface area is 142 Å². The van der Waals surface area contributed by atoms with Crippen LogP contribution in [0.4, 0.5) is 0 Å². The average Bonchev–Trinajstić information content (AvgIpc) is 3.21. The fraction of sp³-hybridized carbons (Fsp3) is 0.733. The number of nitrogens with zero attached hydrogens (tertiary/aromatic N) is 3. The molecule has 134 valence electrons. The summed E-state index contributed by atoms with van der Waals surface area (Å²) in [6, 6.07) is 1.42. The van der Waals surface area contributed by atoms with Gasteiger partial charge in [-0.1, -0.05) is 0 Å². The van der Waals surface area contributed by atoms with Crippen molar-refractivity contribution in [2.75, 3.05) is 27.2 Å². The third-order valence-corrected chi connectivity index (χ3v) is 6.31. The topological polar surface area (TPSA) is 98.4 Å². The zero-order chi connectivity index (χ0) is 17.5. The third-order valence-electron chi connectivity index (χ3n) is 4.75. The molecule has 0 radical (unpaired) electrons. The van der Waals surface area contributed by atoms with Crippen molar-refractivity contribution >= 4 is 10.2 Å². The maximum absolute atomic E-state index is 12.2. The number of aromatic nitrogens is 2. The number of rotatable bonds is 6. The zero-order valence-corrected chi connectivity index (χ0v) is 15.1. The van der Waals surface area contributed by atoms with Crippen molar-refractivity contribution in [1.82, 2.24) is 23.9 Å². The minimum atomic E-state index is -3.44. The molecule has 8 nitrogen and oxygen atoms in total. The molecule has 0 spiro atoms. The van der Waals surface area contributed by atoms with Crippen molar-refractivity contribution in [3.63, 3.8) is 0 Å². The SMILES string of the molecule is Cc1nc(CN2C[C@@H](NS(=O)(=O)N(C)C)[C@H](C3CC3)C2)cc(=O)[nH]1. The van der Waals surface area contributed by atoms with Crippen LogP contribution in [0, 0.1) is 18.8 Å². The molecule has 0 bridgehead atoms. The maximum Gasteiger partial charge on any atom is 0.279 e. The predicted octanol–water partition coefficient (Wildman–Crippen LogP) is -0.315. The smallest absolute Gasteiger partial charge is 0.279 e. The summed E-state index contributed by atoms with van der Waals surface area (Å²) >= 11 is 0. The van der Waals surface area contributed by atoms with Gasteiger partial charge in [0, 0.05) is 45.8 Å². The molecular weight excluding hydrogens is 330 g/mol. The van der Waals surface area contributed by atoms with E-state index in [2.05, 4.69) is 19.6 Å². The molecule has 1 aliphatic carbocycles. The van der Waals surface area contributed by atoms with E-state index in [4.69, 9.17) is 0 Å². The number of hydrogen-bond donors (Lipinski definition) is 2. The van der Waals surface area contributed by atoms with Crippen molar-refractivity contribution in [2.24, 2.45) is 11.8 Å². The van der Waals surface area contributed by atoms with E-state index in [0.717, 1.165) is 12.2 Å². The van der Waals surface area contributed by atoms with E-state index in [-0.39, 0.29) is 11.6 Å². The van der Waals surface area contributed by atoms with Crippen molar-refractivity contribution in [2.45, 2.75) is 32.4 Å². The molecule has 3 rings (SSSR count). The number of hydrogen-bond acceptors (Lipinski definition) is 5. The molecule has 1 aromatic rings. The number of aromatic amines is 1. The van der Waals surface area contributed by atoms with Crippen LogP contribution in [0.5, 0.6) is 0 Å². The van der Waals surface area contributed by atoms with Gasteiger partial charge in [-0.25, -0.2) is 4.98 Å². The van der Waals surface area contributed by atoms with Crippen LogP contribution < -0.4 is 10.3 Å². The summed E-state index contributed by atoms with van der Waals surface area (Å²) in [5.74, 6) is 1.52. The highest BCUT2D eigenvalue weighted by Crippen LogP contribution is 2.41. The largest absolute Gasteiger partial charge is 0.311 e. The summed E-state index contributed by atoms with van der Waals surface area (Å²) in [7, 11) is -0.380. The molecule has 2 aliphatic rings. The Kier molecular flexibility index (Phi) is 4.78. The predicted molar refractivity (Wildman–Crippen MR) is 90.6 cm³/mol. The van der Waals surface area contributed by atoms with Gasteiger partial charge in [-0.05, 0) is 31.6 Å². The lowest BCUT2D eigenvalue weighted by atomic mass is 9.99. The van der Waals surface area contributed by atoms with Gasteiger partial charge in [-0.2, -0.15) is 17.4 Å². The van der Waals surface area contributed by atoms with Gasteiger partial charge < -0.3 is 4.98 Å². The molecule has 1 aliphatic heterocycles. The summed E-state index contributed by atoms with van der Waals surface area (Å²) < 4.78 is 28.4. The number of nitrogens with one attached hydrogen (secondary N) is 2. The van der Waals surface area contributed by atoms with E-state index in [1.807, 2.05) is 0 Å². The van der Waals surface area contributed by atoms with Gasteiger partial charge in [-0.3, -0.25) is 9.69 Å². The molecule has 1 aromatic heterocycles. The van der Waals surface area contributed by atoms with Gasteiger partial charge in [0.05, 0.1) is 5.69 Å². The molecule has 24 heavy (non-hydrogen) atoms. The first-order valence-corrected chi connectivity index (χ1v) is 9.67. The van der Waals surface area contributed by atoms with Crippen LogP contribution in [-0.4, -0.2) is 60.8 Å². The van der Waals surface area contributed by atoms with E-state index in [9.17, 15) is 13.2 Å². The first kappa shape index (κ1) is 17.5. The van der Waals surface area contributed by atoms with E-state index in [1.54, 1.807) is 6.92 Å². The number of H-pyrrole nitrogens is 1. The first-order valence-electron chi connectivity index (χ1n) is 8.23. The molecule has 2 fully saturated rings. The van der Waals surface area contributed by atoms with Crippen molar-refractivity contribution in [1.29, 1.82) is 0 Å². The summed E-state index contributed by atoms with van der Waals surface area (Å²) in [5, 5.41) is 0. The van der Waals surface area contributed by atoms with Crippen LogP contribution >= 0.6 is 0 Å². The highest BCUT2D eigenvalue weighted by Gasteiger charge is 2.44. The summed E-state index contributed by atoms with van der Waals surface area (Å²) in [4.78, 5) is 20.8. The van der Waals surface area contributed by atoms with Crippen molar-refractivity contribution < 1.29 is 8.42 Å². The highest BCUT2D eigenvalue weighted by atomic mass is 32.2. The maximum atomic E-state index is 12.2. The monoisotopic (exact) mass is 355 g/mol. The molecule has 2 N–H and O–H groups in total. The van der Waals surface area contributed by atoms with Crippen LogP contribution in [0.2, 0.25) is 0 Å². The lowest BCUT2D eigenvalue weighted by molar-refractivity contribution is 0.305. The Hall–Kier alpha value is -1.29. The summed E-state index contributed by atoms with van der Waals surface area (Å²) in [6.45, 7) is 3.80. The Bertz CT molecular complexity index is 757. The lowest BCUT2D eigenvalue weighted by Crippen LogP contribution is -2.46. The van der Waals surface area contributed by atoms with Crippen LogP contribution in [0.15, 0.2) is 10.9 Å². The molecule has 2 heterocycles. The van der Waals surface area contributed by atoms with Crippen LogP contribution in [0.25, 0.3) is 0 Å². The Morgan fingerprint density at radius 2 is 2.08 bits per heavy atom. The quantitative estimate of drug-likeness (QED) is 0.729. The van der Waals surface area contributed by atoms with E-state index < -0.39 is 10.2 Å². The fourth-order valence-corrected chi connectivity index (χ4v) is 4.26. The molecule has 0 aromatic carbocycles. The second-order valence-corrected chi connectivity index (χ2v) is 8.95. The molecule has 2 atom stereocenters. The van der Waals surface area contributed by atoms with Gasteiger partial charge in [0.15, 0.2) is 0 Å². The Balaban J connectivity index is 1.72. The van der Waals surface area contributed by atoms with Crippen molar-refractivity contribution in [3.05, 3.63) is 27.9 Å². The molecule has 0 unspecified atom stereocenters. The lowest BCUT2D eigenvalue weighted by Gasteiger charge is -2.21. The normalized spacial score (nSPS) is 25.5. The van der Waals surface area contributed by atoms with E-state index in [0.29, 0.717) is 30.7 Å². The van der Waals surface area contributed by atoms with E-state index >= 15 is 0 Å². The number of likely N-dealkylation sites (tertiary alicyclic amines) is 1.